The van der Waals surface area contributed by atoms with Crippen molar-refractivity contribution in [3.63, 3.8) is 0 Å². The third-order valence-electron chi connectivity index (χ3n) is 5.40. The van der Waals surface area contributed by atoms with Gasteiger partial charge in [-0.05, 0) is 61.2 Å². The molecule has 186 valence electrons. The van der Waals surface area contributed by atoms with Crippen molar-refractivity contribution in [2.24, 2.45) is 5.92 Å². The van der Waals surface area contributed by atoms with Gasteiger partial charge in [-0.25, -0.2) is 14.4 Å². The zero-order valence-corrected chi connectivity index (χ0v) is 21.1. The first-order valence-corrected chi connectivity index (χ1v) is 11.8. The monoisotopic (exact) mass is 479 g/mol. The second-order valence-corrected chi connectivity index (χ2v) is 9.67. The zero-order valence-electron chi connectivity index (χ0n) is 21.1. The Morgan fingerprint density at radius 1 is 0.886 bits per heavy atom. The Hall–Kier alpha value is -3.61. The Morgan fingerprint density at radius 3 is 1.91 bits per heavy atom. The lowest BCUT2D eigenvalue weighted by Crippen LogP contribution is -2.47. The van der Waals surface area contributed by atoms with Crippen LogP contribution in [0.15, 0.2) is 54.6 Å². The maximum atomic E-state index is 13.4. The van der Waals surface area contributed by atoms with E-state index >= 15 is 0 Å². The Kier molecular flexibility index (Phi) is 7.99. The molecule has 0 unspecified atom stereocenters. The predicted molar refractivity (Wildman–Crippen MR) is 135 cm³/mol. The lowest BCUT2D eigenvalue weighted by Gasteiger charge is -2.27. The van der Waals surface area contributed by atoms with Gasteiger partial charge in [0.1, 0.15) is 11.6 Å². The van der Waals surface area contributed by atoms with Crippen LogP contribution in [0.5, 0.6) is 0 Å². The number of ether oxygens (including phenoxy) is 3. The SMILES string of the molecule is CCOC(=O)[C@@H](OC(=O)[C@@H](NC(=O)OC(C)(C)C)C(C)C)c1c2ccccc2cc2ccccc12. The van der Waals surface area contributed by atoms with Crippen molar-refractivity contribution in [2.45, 2.75) is 59.3 Å². The van der Waals surface area contributed by atoms with Crippen LogP contribution in [0.25, 0.3) is 21.5 Å². The summed E-state index contributed by atoms with van der Waals surface area (Å²) in [7, 11) is 0. The minimum absolute atomic E-state index is 0.124. The van der Waals surface area contributed by atoms with Gasteiger partial charge in [0.2, 0.25) is 6.10 Å². The largest absolute Gasteiger partial charge is 0.463 e. The highest BCUT2D eigenvalue weighted by molar-refractivity contribution is 6.05. The Labute approximate surface area is 205 Å². The molecule has 0 bridgehead atoms. The van der Waals surface area contributed by atoms with E-state index in [0.29, 0.717) is 5.56 Å². The van der Waals surface area contributed by atoms with Gasteiger partial charge in [0.15, 0.2) is 0 Å². The standard InChI is InChI=1S/C28H33NO6/c1-7-33-26(31)24(34-25(30)23(17(2)3)29-27(32)35-28(4,5)6)22-20-14-10-8-12-18(20)16-19-13-9-11-15-21(19)22/h8-17,23-24H,7H2,1-6H3,(H,29,32)/t23-,24-/m0/s1. The molecule has 7 nitrogen and oxygen atoms in total. The fourth-order valence-corrected chi connectivity index (χ4v) is 3.90. The van der Waals surface area contributed by atoms with Gasteiger partial charge >= 0.3 is 18.0 Å². The quantitative estimate of drug-likeness (QED) is 0.266. The molecule has 0 aliphatic carbocycles. The molecule has 0 spiro atoms. The van der Waals surface area contributed by atoms with Crippen LogP contribution in [-0.4, -0.2) is 36.3 Å². The van der Waals surface area contributed by atoms with Crippen LogP contribution < -0.4 is 5.32 Å². The van der Waals surface area contributed by atoms with E-state index in [9.17, 15) is 14.4 Å². The van der Waals surface area contributed by atoms with Crippen molar-refractivity contribution in [1.82, 2.24) is 5.32 Å². The number of benzene rings is 3. The summed E-state index contributed by atoms with van der Waals surface area (Å²) < 4.78 is 16.5. The summed E-state index contributed by atoms with van der Waals surface area (Å²) in [4.78, 5) is 38.9. The number of rotatable bonds is 7. The van der Waals surface area contributed by atoms with Gasteiger partial charge in [0, 0.05) is 5.56 Å². The summed E-state index contributed by atoms with van der Waals surface area (Å²) in [6.07, 6.45) is -2.06. The topological polar surface area (TPSA) is 90.9 Å². The van der Waals surface area contributed by atoms with E-state index < -0.39 is 35.8 Å². The van der Waals surface area contributed by atoms with Crippen LogP contribution in [0, 0.1) is 5.92 Å². The second kappa shape index (κ2) is 10.8. The van der Waals surface area contributed by atoms with E-state index in [1.807, 2.05) is 54.6 Å². The molecule has 35 heavy (non-hydrogen) atoms. The number of nitrogens with one attached hydrogen (secondary N) is 1. The molecule has 0 saturated carbocycles. The molecule has 1 N–H and O–H groups in total. The molecule has 0 radical (unpaired) electrons. The van der Waals surface area contributed by atoms with Gasteiger partial charge < -0.3 is 19.5 Å². The zero-order chi connectivity index (χ0) is 25.8. The van der Waals surface area contributed by atoms with Crippen LogP contribution in [0.4, 0.5) is 4.79 Å². The van der Waals surface area contributed by atoms with E-state index in [2.05, 4.69) is 5.32 Å². The molecule has 0 fully saturated rings. The van der Waals surface area contributed by atoms with E-state index in [1.54, 1.807) is 41.5 Å². The van der Waals surface area contributed by atoms with Gasteiger partial charge in [-0.3, -0.25) is 0 Å². The van der Waals surface area contributed by atoms with Crippen molar-refractivity contribution in [3.8, 4) is 0 Å². The van der Waals surface area contributed by atoms with Gasteiger partial charge in [0.25, 0.3) is 0 Å². The molecule has 1 amide bonds. The van der Waals surface area contributed by atoms with Crippen LogP contribution in [-0.2, 0) is 23.8 Å². The first-order valence-electron chi connectivity index (χ1n) is 11.8. The average Bonchev–Trinajstić information content (AvgIpc) is 2.78. The normalized spacial score (nSPS) is 13.3. The third-order valence-corrected chi connectivity index (χ3v) is 5.40. The number of esters is 2. The summed E-state index contributed by atoms with van der Waals surface area (Å²) >= 11 is 0. The number of amides is 1. The molecule has 3 rings (SSSR count). The summed E-state index contributed by atoms with van der Waals surface area (Å²) in [6, 6.07) is 16.2. The van der Waals surface area contributed by atoms with Crippen LogP contribution in [0.2, 0.25) is 0 Å². The van der Waals surface area contributed by atoms with Crippen molar-refractivity contribution in [2.75, 3.05) is 6.61 Å². The number of carbonyl (C=O) groups excluding carboxylic acids is 3. The molecule has 7 heteroatoms. The molecule has 2 atom stereocenters. The molecule has 0 heterocycles. The number of alkyl carbamates (subject to hydrolysis) is 1. The molecular formula is C28H33NO6. The van der Waals surface area contributed by atoms with Crippen molar-refractivity contribution in [1.29, 1.82) is 0 Å². The summed E-state index contributed by atoms with van der Waals surface area (Å²) in [5.74, 6) is -1.75. The van der Waals surface area contributed by atoms with Crippen molar-refractivity contribution >= 4 is 39.6 Å². The summed E-state index contributed by atoms with van der Waals surface area (Å²) in [5.41, 5.74) is -0.185. The molecule has 0 saturated heterocycles. The second-order valence-electron chi connectivity index (χ2n) is 9.67. The van der Waals surface area contributed by atoms with E-state index in [-0.39, 0.29) is 12.5 Å². The van der Waals surface area contributed by atoms with Crippen LogP contribution in [0.3, 0.4) is 0 Å². The Morgan fingerprint density at radius 2 is 1.43 bits per heavy atom. The van der Waals surface area contributed by atoms with Gasteiger partial charge in [-0.1, -0.05) is 62.4 Å². The smallest absolute Gasteiger partial charge is 0.408 e. The van der Waals surface area contributed by atoms with Crippen molar-refractivity contribution < 1.29 is 28.6 Å². The molecule has 0 aliphatic heterocycles. The first-order chi connectivity index (χ1) is 16.5. The predicted octanol–water partition coefficient (Wildman–Crippen LogP) is 5.69. The lowest BCUT2D eigenvalue weighted by molar-refractivity contribution is -0.170. The lowest BCUT2D eigenvalue weighted by atomic mass is 9.93. The Balaban J connectivity index is 2.06. The van der Waals surface area contributed by atoms with Gasteiger partial charge in [-0.2, -0.15) is 0 Å². The maximum absolute atomic E-state index is 13.4. The first kappa shape index (κ1) is 26.0. The minimum atomic E-state index is -1.32. The molecule has 0 aliphatic rings. The molecule has 3 aromatic carbocycles. The average molecular weight is 480 g/mol. The summed E-state index contributed by atoms with van der Waals surface area (Å²) in [5, 5.41) is 5.94. The number of carbonyl (C=O) groups is 3. The highest BCUT2D eigenvalue weighted by atomic mass is 16.6. The van der Waals surface area contributed by atoms with Gasteiger partial charge in [-0.15, -0.1) is 0 Å². The molecule has 0 aromatic heterocycles. The van der Waals surface area contributed by atoms with E-state index in [4.69, 9.17) is 14.2 Å². The maximum Gasteiger partial charge on any atom is 0.408 e. The fourth-order valence-electron chi connectivity index (χ4n) is 3.90. The Bertz CT molecular complexity index is 1170. The van der Waals surface area contributed by atoms with E-state index in [1.165, 1.54) is 0 Å². The van der Waals surface area contributed by atoms with Crippen molar-refractivity contribution in [3.05, 3.63) is 60.2 Å². The number of fused-ring (bicyclic) bond motifs is 2. The highest BCUT2D eigenvalue weighted by Crippen LogP contribution is 2.35. The molecule has 3 aromatic rings. The van der Waals surface area contributed by atoms with Crippen LogP contribution in [0.1, 0.15) is 53.2 Å². The fraction of sp³-hybridized carbons (Fsp3) is 0.393. The van der Waals surface area contributed by atoms with Gasteiger partial charge in [0.05, 0.1) is 6.61 Å². The third kappa shape index (κ3) is 6.29. The number of hydrogen-bond acceptors (Lipinski definition) is 6. The summed E-state index contributed by atoms with van der Waals surface area (Å²) in [6.45, 7) is 10.6. The van der Waals surface area contributed by atoms with Crippen LogP contribution >= 0.6 is 0 Å². The molecular weight excluding hydrogens is 446 g/mol. The minimum Gasteiger partial charge on any atom is -0.463 e. The van der Waals surface area contributed by atoms with E-state index in [0.717, 1.165) is 21.5 Å². The highest BCUT2D eigenvalue weighted by Gasteiger charge is 2.35. The number of hydrogen-bond donors (Lipinski definition) is 1.